The maximum absolute atomic E-state index is 12.1. The first-order chi connectivity index (χ1) is 8.47. The predicted molar refractivity (Wildman–Crippen MR) is 83.0 cm³/mol. The molecule has 1 rings (SSSR count). The molecular formula is C12H15IN2O2S. The lowest BCUT2D eigenvalue weighted by atomic mass is 10.1. The quantitative estimate of drug-likeness (QED) is 0.769. The highest BCUT2D eigenvalue weighted by atomic mass is 127. The summed E-state index contributed by atoms with van der Waals surface area (Å²) in [7, 11) is 0. The van der Waals surface area contributed by atoms with Gasteiger partial charge in [-0.1, -0.05) is 6.07 Å². The standard InChI is InChI=1S/C12H15IN2O2S/c1-7(6-18-2)15-12(17)10-8(11(14)16)4-3-5-9(10)13/h3-5,7H,6H2,1-2H3,(H2,14,16)(H,15,17). The average Bonchev–Trinajstić information content (AvgIpc) is 2.28. The van der Waals surface area contributed by atoms with Gasteiger partial charge in [0.05, 0.1) is 11.1 Å². The fourth-order valence-corrected chi connectivity index (χ4v) is 2.87. The van der Waals surface area contributed by atoms with E-state index in [1.54, 1.807) is 30.0 Å². The first-order valence-electron chi connectivity index (χ1n) is 5.35. The van der Waals surface area contributed by atoms with E-state index < -0.39 is 5.91 Å². The first-order valence-corrected chi connectivity index (χ1v) is 7.82. The molecule has 0 spiro atoms. The van der Waals surface area contributed by atoms with Crippen LogP contribution >= 0.6 is 34.4 Å². The topological polar surface area (TPSA) is 72.2 Å². The zero-order valence-corrected chi connectivity index (χ0v) is 13.2. The van der Waals surface area contributed by atoms with Gasteiger partial charge in [0.25, 0.3) is 5.91 Å². The molecule has 4 nitrogen and oxygen atoms in total. The van der Waals surface area contributed by atoms with Gasteiger partial charge in [-0.25, -0.2) is 0 Å². The number of primary amides is 1. The molecule has 0 aliphatic rings. The van der Waals surface area contributed by atoms with Crippen LogP contribution in [0.4, 0.5) is 0 Å². The zero-order chi connectivity index (χ0) is 13.7. The molecule has 1 aromatic rings. The Morgan fingerprint density at radius 3 is 2.72 bits per heavy atom. The molecule has 18 heavy (non-hydrogen) atoms. The third-order valence-electron chi connectivity index (χ3n) is 2.30. The van der Waals surface area contributed by atoms with Crippen LogP contribution in [0.1, 0.15) is 27.6 Å². The van der Waals surface area contributed by atoms with Crippen molar-refractivity contribution in [3.63, 3.8) is 0 Å². The van der Waals surface area contributed by atoms with Crippen LogP contribution in [0.25, 0.3) is 0 Å². The van der Waals surface area contributed by atoms with Crippen LogP contribution in [0.15, 0.2) is 18.2 Å². The Labute approximate surface area is 124 Å². The molecule has 98 valence electrons. The van der Waals surface area contributed by atoms with E-state index in [0.29, 0.717) is 5.56 Å². The Morgan fingerprint density at radius 2 is 2.17 bits per heavy atom. The average molecular weight is 378 g/mol. The molecule has 0 aliphatic heterocycles. The van der Waals surface area contributed by atoms with Gasteiger partial charge >= 0.3 is 0 Å². The summed E-state index contributed by atoms with van der Waals surface area (Å²) in [6, 6.07) is 5.10. The molecule has 0 aliphatic carbocycles. The van der Waals surface area contributed by atoms with E-state index in [1.807, 2.05) is 35.8 Å². The molecule has 0 heterocycles. The largest absolute Gasteiger partial charge is 0.366 e. The molecule has 1 atom stereocenters. The van der Waals surface area contributed by atoms with E-state index in [9.17, 15) is 9.59 Å². The summed E-state index contributed by atoms with van der Waals surface area (Å²) in [5, 5.41) is 2.86. The van der Waals surface area contributed by atoms with Crippen LogP contribution in [0.5, 0.6) is 0 Å². The van der Waals surface area contributed by atoms with Gasteiger partial charge in [0.15, 0.2) is 0 Å². The summed E-state index contributed by atoms with van der Waals surface area (Å²) >= 11 is 3.68. The summed E-state index contributed by atoms with van der Waals surface area (Å²) in [5.74, 6) is -0.0207. The van der Waals surface area contributed by atoms with E-state index in [0.717, 1.165) is 9.32 Å². The Morgan fingerprint density at radius 1 is 1.50 bits per heavy atom. The number of nitrogens with one attached hydrogen (secondary N) is 1. The number of amides is 2. The lowest BCUT2D eigenvalue weighted by molar-refractivity contribution is 0.0927. The number of rotatable bonds is 5. The van der Waals surface area contributed by atoms with Gasteiger partial charge in [0.1, 0.15) is 0 Å². The van der Waals surface area contributed by atoms with Crippen LogP contribution in [0.2, 0.25) is 0 Å². The SMILES string of the molecule is CSCC(C)NC(=O)c1c(I)cccc1C(N)=O. The smallest absolute Gasteiger partial charge is 0.253 e. The van der Waals surface area contributed by atoms with Crippen molar-refractivity contribution in [1.82, 2.24) is 5.32 Å². The molecule has 6 heteroatoms. The lowest BCUT2D eigenvalue weighted by Crippen LogP contribution is -2.36. The van der Waals surface area contributed by atoms with Gasteiger partial charge in [-0.2, -0.15) is 11.8 Å². The van der Waals surface area contributed by atoms with Gasteiger partial charge in [0, 0.05) is 15.4 Å². The highest BCUT2D eigenvalue weighted by molar-refractivity contribution is 14.1. The first kappa shape index (κ1) is 15.3. The van der Waals surface area contributed by atoms with Gasteiger partial charge in [0.2, 0.25) is 5.91 Å². The number of hydrogen-bond acceptors (Lipinski definition) is 3. The molecule has 0 radical (unpaired) electrons. The summed E-state index contributed by atoms with van der Waals surface area (Å²) < 4.78 is 0.720. The molecule has 2 amide bonds. The van der Waals surface area contributed by atoms with Crippen molar-refractivity contribution in [2.75, 3.05) is 12.0 Å². The van der Waals surface area contributed by atoms with Gasteiger partial charge in [-0.05, 0) is 47.9 Å². The van der Waals surface area contributed by atoms with Gasteiger partial charge < -0.3 is 11.1 Å². The Bertz CT molecular complexity index is 465. The Hall–Kier alpha value is -0.760. The number of halogens is 1. The van der Waals surface area contributed by atoms with E-state index in [-0.39, 0.29) is 17.5 Å². The van der Waals surface area contributed by atoms with Gasteiger partial charge in [-0.3, -0.25) is 9.59 Å². The number of thioether (sulfide) groups is 1. The van der Waals surface area contributed by atoms with E-state index in [4.69, 9.17) is 5.73 Å². The van der Waals surface area contributed by atoms with Crippen molar-refractivity contribution < 1.29 is 9.59 Å². The van der Waals surface area contributed by atoms with Crippen LogP contribution in [0.3, 0.4) is 0 Å². The van der Waals surface area contributed by atoms with Crippen molar-refractivity contribution in [2.24, 2.45) is 5.73 Å². The second-order valence-electron chi connectivity index (χ2n) is 3.86. The van der Waals surface area contributed by atoms with Gasteiger partial charge in [-0.15, -0.1) is 0 Å². The predicted octanol–water partition coefficient (Wildman–Crippen LogP) is 1.87. The molecule has 1 unspecified atom stereocenters. The number of benzene rings is 1. The maximum Gasteiger partial charge on any atom is 0.253 e. The monoisotopic (exact) mass is 378 g/mol. The summed E-state index contributed by atoms with van der Waals surface area (Å²) in [5.41, 5.74) is 5.90. The zero-order valence-electron chi connectivity index (χ0n) is 10.2. The molecular weight excluding hydrogens is 363 g/mol. The fourth-order valence-electron chi connectivity index (χ4n) is 1.55. The molecule has 1 aromatic carbocycles. The highest BCUT2D eigenvalue weighted by Crippen LogP contribution is 2.17. The number of hydrogen-bond donors (Lipinski definition) is 2. The third kappa shape index (κ3) is 3.88. The minimum Gasteiger partial charge on any atom is -0.366 e. The summed E-state index contributed by atoms with van der Waals surface area (Å²) in [6.45, 7) is 1.92. The van der Waals surface area contributed by atoms with Crippen molar-refractivity contribution in [1.29, 1.82) is 0 Å². The lowest BCUT2D eigenvalue weighted by Gasteiger charge is -2.14. The Kier molecular flexibility index (Phi) is 5.94. The summed E-state index contributed by atoms with van der Waals surface area (Å²) in [4.78, 5) is 23.5. The van der Waals surface area contributed by atoms with E-state index in [1.165, 1.54) is 0 Å². The molecule has 0 aromatic heterocycles. The van der Waals surface area contributed by atoms with Crippen molar-refractivity contribution in [3.05, 3.63) is 32.9 Å². The minimum atomic E-state index is -0.587. The molecule has 3 N–H and O–H groups in total. The molecule has 0 fully saturated rings. The highest BCUT2D eigenvalue weighted by Gasteiger charge is 2.19. The normalized spacial score (nSPS) is 11.9. The second kappa shape index (κ2) is 6.98. The fraction of sp³-hybridized carbons (Fsp3) is 0.333. The molecule has 0 saturated heterocycles. The molecule has 0 saturated carbocycles. The number of carbonyl (C=O) groups excluding carboxylic acids is 2. The molecule has 0 bridgehead atoms. The van der Waals surface area contributed by atoms with Crippen LogP contribution < -0.4 is 11.1 Å². The minimum absolute atomic E-state index is 0.0456. The van der Waals surface area contributed by atoms with Crippen molar-refractivity contribution in [3.8, 4) is 0 Å². The number of carbonyl (C=O) groups is 2. The Balaban J connectivity index is 3.01. The third-order valence-corrected chi connectivity index (χ3v) is 4.03. The van der Waals surface area contributed by atoms with Crippen molar-refractivity contribution in [2.45, 2.75) is 13.0 Å². The van der Waals surface area contributed by atoms with Crippen molar-refractivity contribution >= 4 is 46.2 Å². The van der Waals surface area contributed by atoms with Crippen LogP contribution in [-0.2, 0) is 0 Å². The number of nitrogens with two attached hydrogens (primary N) is 1. The summed E-state index contributed by atoms with van der Waals surface area (Å²) in [6.07, 6.45) is 1.98. The van der Waals surface area contributed by atoms with E-state index in [2.05, 4.69) is 5.32 Å². The van der Waals surface area contributed by atoms with Crippen LogP contribution in [-0.4, -0.2) is 29.9 Å². The second-order valence-corrected chi connectivity index (χ2v) is 5.93. The maximum atomic E-state index is 12.1. The van der Waals surface area contributed by atoms with Crippen LogP contribution in [0, 0.1) is 3.57 Å². The van der Waals surface area contributed by atoms with E-state index >= 15 is 0 Å².